The van der Waals surface area contributed by atoms with Gasteiger partial charge in [0.05, 0.1) is 0 Å². The molecule has 0 aromatic rings. The molecule has 0 fully saturated rings. The molecule has 1 heteroatoms. The van der Waals surface area contributed by atoms with E-state index < -0.39 is 0 Å². The topological polar surface area (TPSA) is 0 Å². The van der Waals surface area contributed by atoms with Gasteiger partial charge in [0.15, 0.2) is 0 Å². The maximum atomic E-state index is 3.55. The second kappa shape index (κ2) is 3.21. The molecular weight excluding hydrogens is 176 g/mol. The van der Waals surface area contributed by atoms with Crippen LogP contribution in [-0.2, 0) is 0 Å². The highest BCUT2D eigenvalue weighted by Crippen LogP contribution is 2.17. The molecule has 0 amide bonds. The van der Waals surface area contributed by atoms with Gasteiger partial charge in [-0.1, -0.05) is 47.2 Å². The van der Waals surface area contributed by atoms with Gasteiger partial charge in [0.1, 0.15) is 0 Å². The van der Waals surface area contributed by atoms with Gasteiger partial charge in [0, 0.05) is 4.83 Å². The maximum Gasteiger partial charge on any atom is 0.0333 e. The molecule has 0 heterocycles. The van der Waals surface area contributed by atoms with Gasteiger partial charge in [-0.25, -0.2) is 0 Å². The fourth-order valence-corrected chi connectivity index (χ4v) is 1.72. The number of halogens is 1. The second-order valence-electron chi connectivity index (χ2n) is 2.50. The number of hydrogen-bond acceptors (Lipinski definition) is 0. The van der Waals surface area contributed by atoms with Gasteiger partial charge in [-0.2, -0.15) is 0 Å². The SMILES string of the molecule is CC1C=CC=CC(Br)C1. The van der Waals surface area contributed by atoms with Crippen LogP contribution < -0.4 is 0 Å². The highest BCUT2D eigenvalue weighted by atomic mass is 79.9. The van der Waals surface area contributed by atoms with Crippen molar-refractivity contribution in [3.63, 3.8) is 0 Å². The molecule has 50 valence electrons. The van der Waals surface area contributed by atoms with Gasteiger partial charge in [-0.05, 0) is 12.3 Å². The Labute approximate surface area is 64.8 Å². The Morgan fingerprint density at radius 1 is 1.33 bits per heavy atom. The lowest BCUT2D eigenvalue weighted by Crippen LogP contribution is -1.97. The quantitative estimate of drug-likeness (QED) is 0.511. The summed E-state index contributed by atoms with van der Waals surface area (Å²) < 4.78 is 0. The van der Waals surface area contributed by atoms with Gasteiger partial charge in [0.25, 0.3) is 0 Å². The molecule has 1 aliphatic carbocycles. The zero-order chi connectivity index (χ0) is 6.69. The lowest BCUT2D eigenvalue weighted by Gasteiger charge is -2.05. The van der Waals surface area contributed by atoms with Crippen molar-refractivity contribution in [3.8, 4) is 0 Å². The summed E-state index contributed by atoms with van der Waals surface area (Å²) in [4.78, 5) is 0.572. The van der Waals surface area contributed by atoms with Crippen LogP contribution in [0.1, 0.15) is 13.3 Å². The van der Waals surface area contributed by atoms with Crippen LogP contribution in [0.3, 0.4) is 0 Å². The largest absolute Gasteiger partial charge is 0.0845 e. The molecule has 0 bridgehead atoms. The van der Waals surface area contributed by atoms with Gasteiger partial charge in [-0.3, -0.25) is 0 Å². The van der Waals surface area contributed by atoms with E-state index in [2.05, 4.69) is 47.2 Å². The molecule has 0 N–H and O–H groups in total. The zero-order valence-corrected chi connectivity index (χ0v) is 7.14. The van der Waals surface area contributed by atoms with Crippen molar-refractivity contribution >= 4 is 15.9 Å². The molecule has 1 aliphatic rings. The zero-order valence-electron chi connectivity index (χ0n) is 5.55. The van der Waals surface area contributed by atoms with E-state index in [0.29, 0.717) is 10.7 Å². The molecule has 0 aliphatic heterocycles. The average Bonchev–Trinajstić information content (AvgIpc) is 1.93. The average molecular weight is 187 g/mol. The predicted molar refractivity (Wildman–Crippen MR) is 44.8 cm³/mol. The van der Waals surface area contributed by atoms with Crippen LogP contribution in [0.2, 0.25) is 0 Å². The van der Waals surface area contributed by atoms with Crippen LogP contribution in [0.4, 0.5) is 0 Å². The molecule has 1 rings (SSSR count). The smallest absolute Gasteiger partial charge is 0.0333 e. The molecular formula is C8H11Br. The molecule has 2 unspecified atom stereocenters. The number of rotatable bonds is 0. The van der Waals surface area contributed by atoms with Crippen LogP contribution in [0.5, 0.6) is 0 Å². The van der Waals surface area contributed by atoms with Crippen LogP contribution in [0.15, 0.2) is 24.3 Å². The summed E-state index contributed by atoms with van der Waals surface area (Å²) in [6, 6.07) is 0. The normalized spacial score (nSPS) is 34.4. The highest BCUT2D eigenvalue weighted by Gasteiger charge is 2.05. The first kappa shape index (κ1) is 7.07. The van der Waals surface area contributed by atoms with E-state index in [-0.39, 0.29) is 0 Å². The van der Waals surface area contributed by atoms with Crippen molar-refractivity contribution in [3.05, 3.63) is 24.3 Å². The van der Waals surface area contributed by atoms with E-state index in [4.69, 9.17) is 0 Å². The van der Waals surface area contributed by atoms with E-state index in [1.807, 2.05) is 0 Å². The maximum absolute atomic E-state index is 3.55. The summed E-state index contributed by atoms with van der Waals surface area (Å²) in [6.07, 6.45) is 9.85. The molecule has 0 aromatic heterocycles. The Kier molecular flexibility index (Phi) is 2.52. The fourth-order valence-electron chi connectivity index (χ4n) is 0.951. The summed E-state index contributed by atoms with van der Waals surface area (Å²) in [5, 5.41) is 0. The summed E-state index contributed by atoms with van der Waals surface area (Å²) in [6.45, 7) is 2.23. The third kappa shape index (κ3) is 2.35. The van der Waals surface area contributed by atoms with Crippen molar-refractivity contribution in [2.75, 3.05) is 0 Å². The first-order valence-electron chi connectivity index (χ1n) is 3.28. The Balaban J connectivity index is 2.54. The highest BCUT2D eigenvalue weighted by molar-refractivity contribution is 9.09. The van der Waals surface area contributed by atoms with E-state index in [1.54, 1.807) is 0 Å². The van der Waals surface area contributed by atoms with E-state index in [1.165, 1.54) is 6.42 Å². The second-order valence-corrected chi connectivity index (χ2v) is 3.67. The van der Waals surface area contributed by atoms with E-state index in [9.17, 15) is 0 Å². The lowest BCUT2D eigenvalue weighted by molar-refractivity contribution is 0.675. The lowest BCUT2D eigenvalue weighted by atomic mass is 10.1. The van der Waals surface area contributed by atoms with Crippen LogP contribution in [0, 0.1) is 5.92 Å². The van der Waals surface area contributed by atoms with Gasteiger partial charge in [-0.15, -0.1) is 0 Å². The predicted octanol–water partition coefficient (Wildman–Crippen LogP) is 2.90. The molecule has 0 saturated carbocycles. The van der Waals surface area contributed by atoms with Gasteiger partial charge >= 0.3 is 0 Å². The van der Waals surface area contributed by atoms with Crippen LogP contribution >= 0.6 is 15.9 Å². The minimum absolute atomic E-state index is 0.572. The summed E-state index contributed by atoms with van der Waals surface area (Å²) in [5.41, 5.74) is 0. The van der Waals surface area contributed by atoms with E-state index >= 15 is 0 Å². The molecule has 9 heavy (non-hydrogen) atoms. The Hall–Kier alpha value is -0.0400. The van der Waals surface area contributed by atoms with Crippen molar-refractivity contribution in [1.29, 1.82) is 0 Å². The molecule has 2 atom stereocenters. The molecule has 0 nitrogen and oxygen atoms in total. The Bertz CT molecular complexity index is 120. The standard InChI is InChI=1S/C8H11Br/c1-7-4-2-3-5-8(9)6-7/h2-5,7-8H,6H2,1H3. The number of hydrogen-bond donors (Lipinski definition) is 0. The Morgan fingerprint density at radius 2 is 2.00 bits per heavy atom. The third-order valence-corrected chi connectivity index (χ3v) is 2.15. The minimum Gasteiger partial charge on any atom is -0.0845 e. The monoisotopic (exact) mass is 186 g/mol. The van der Waals surface area contributed by atoms with Crippen LogP contribution in [-0.4, -0.2) is 4.83 Å². The van der Waals surface area contributed by atoms with Gasteiger partial charge in [0.2, 0.25) is 0 Å². The van der Waals surface area contributed by atoms with Crippen LogP contribution in [0.25, 0.3) is 0 Å². The van der Waals surface area contributed by atoms with Gasteiger partial charge < -0.3 is 0 Å². The number of allylic oxidation sites excluding steroid dienone is 4. The first-order chi connectivity index (χ1) is 4.29. The number of alkyl halides is 1. The molecule has 0 saturated heterocycles. The molecule has 0 radical (unpaired) electrons. The van der Waals surface area contributed by atoms with E-state index in [0.717, 1.165) is 0 Å². The molecule has 0 aromatic carbocycles. The summed E-state index contributed by atoms with van der Waals surface area (Å²) >= 11 is 3.55. The van der Waals surface area contributed by atoms with Crippen molar-refractivity contribution in [2.24, 2.45) is 5.92 Å². The first-order valence-corrected chi connectivity index (χ1v) is 4.19. The van der Waals surface area contributed by atoms with Crippen molar-refractivity contribution in [1.82, 2.24) is 0 Å². The minimum atomic E-state index is 0.572. The van der Waals surface area contributed by atoms with Crippen molar-refractivity contribution in [2.45, 2.75) is 18.2 Å². The fraction of sp³-hybridized carbons (Fsp3) is 0.500. The van der Waals surface area contributed by atoms with Crippen molar-refractivity contribution < 1.29 is 0 Å². The summed E-state index contributed by atoms with van der Waals surface area (Å²) in [7, 11) is 0. The Morgan fingerprint density at radius 3 is 2.78 bits per heavy atom. The third-order valence-electron chi connectivity index (χ3n) is 1.47. The summed E-state index contributed by atoms with van der Waals surface area (Å²) in [5.74, 6) is 0.712. The molecule has 0 spiro atoms.